The molecule has 0 amide bonds. The summed E-state index contributed by atoms with van der Waals surface area (Å²) < 4.78 is 5.26. The van der Waals surface area contributed by atoms with Gasteiger partial charge in [-0.1, -0.05) is 12.1 Å². The van der Waals surface area contributed by atoms with Crippen LogP contribution in [0.25, 0.3) is 11.4 Å². The van der Waals surface area contributed by atoms with Crippen molar-refractivity contribution in [2.45, 2.75) is 6.54 Å². The number of H-pyrrole nitrogens is 1. The molecule has 2 N–H and O–H groups in total. The monoisotopic (exact) mass is 218 g/mol. The van der Waals surface area contributed by atoms with Gasteiger partial charge < -0.3 is 10.1 Å². The van der Waals surface area contributed by atoms with Crippen molar-refractivity contribution in [2.75, 3.05) is 14.2 Å². The third-order valence-electron chi connectivity index (χ3n) is 2.22. The molecule has 0 saturated heterocycles. The van der Waals surface area contributed by atoms with Gasteiger partial charge in [0.05, 0.1) is 19.2 Å². The zero-order chi connectivity index (χ0) is 11.4. The maximum Gasteiger partial charge on any atom is 0.184 e. The number of hydrogen-bond donors (Lipinski definition) is 2. The zero-order valence-electron chi connectivity index (χ0n) is 9.32. The molecule has 0 spiro atoms. The van der Waals surface area contributed by atoms with Gasteiger partial charge in [0, 0.05) is 0 Å². The maximum atomic E-state index is 5.26. The van der Waals surface area contributed by atoms with Gasteiger partial charge in [0.15, 0.2) is 5.82 Å². The molecule has 0 unspecified atom stereocenters. The Balaban J connectivity index is 2.34. The fourth-order valence-electron chi connectivity index (χ4n) is 1.49. The molecule has 0 aliphatic heterocycles. The lowest BCUT2D eigenvalue weighted by molar-refractivity contribution is 0.416. The minimum atomic E-state index is 0.655. The third kappa shape index (κ3) is 2.04. The first-order valence-corrected chi connectivity index (χ1v) is 5.04. The van der Waals surface area contributed by atoms with Crippen LogP contribution in [0, 0.1) is 0 Å². The van der Waals surface area contributed by atoms with E-state index in [-0.39, 0.29) is 0 Å². The van der Waals surface area contributed by atoms with E-state index < -0.39 is 0 Å². The first-order valence-electron chi connectivity index (χ1n) is 5.04. The van der Waals surface area contributed by atoms with Crippen molar-refractivity contribution in [1.29, 1.82) is 0 Å². The summed E-state index contributed by atoms with van der Waals surface area (Å²) in [5.41, 5.74) is 0.892. The maximum absolute atomic E-state index is 5.26. The first-order chi connectivity index (χ1) is 7.85. The van der Waals surface area contributed by atoms with Gasteiger partial charge in [0.2, 0.25) is 0 Å². The van der Waals surface area contributed by atoms with Crippen molar-refractivity contribution in [3.8, 4) is 17.1 Å². The Hall–Kier alpha value is -1.88. The molecule has 84 valence electrons. The number of methoxy groups -OCH3 is 1. The quantitative estimate of drug-likeness (QED) is 0.809. The van der Waals surface area contributed by atoms with Crippen molar-refractivity contribution in [1.82, 2.24) is 20.5 Å². The first kappa shape index (κ1) is 10.6. The molecule has 0 fully saturated rings. The molecule has 5 heteroatoms. The predicted molar refractivity (Wildman–Crippen MR) is 61.1 cm³/mol. The smallest absolute Gasteiger partial charge is 0.184 e. The average molecular weight is 218 g/mol. The van der Waals surface area contributed by atoms with Crippen LogP contribution in [0.4, 0.5) is 0 Å². The molecule has 0 saturated carbocycles. The van der Waals surface area contributed by atoms with Crippen LogP contribution in [-0.2, 0) is 6.54 Å². The number of aromatic nitrogens is 3. The van der Waals surface area contributed by atoms with Crippen LogP contribution in [0.5, 0.6) is 5.75 Å². The zero-order valence-corrected chi connectivity index (χ0v) is 9.32. The number of hydrogen-bond acceptors (Lipinski definition) is 4. The summed E-state index contributed by atoms with van der Waals surface area (Å²) in [4.78, 5) is 4.37. The number of benzene rings is 1. The van der Waals surface area contributed by atoms with Gasteiger partial charge in [0.1, 0.15) is 11.6 Å². The summed E-state index contributed by atoms with van der Waals surface area (Å²) >= 11 is 0. The van der Waals surface area contributed by atoms with E-state index in [9.17, 15) is 0 Å². The Morgan fingerprint density at radius 2 is 2.19 bits per heavy atom. The lowest BCUT2D eigenvalue weighted by Crippen LogP contribution is -2.06. The van der Waals surface area contributed by atoms with Gasteiger partial charge in [0.25, 0.3) is 0 Å². The van der Waals surface area contributed by atoms with Crippen LogP contribution in [0.15, 0.2) is 24.3 Å². The highest BCUT2D eigenvalue weighted by Gasteiger charge is 2.09. The van der Waals surface area contributed by atoms with Gasteiger partial charge in [-0.15, -0.1) is 0 Å². The van der Waals surface area contributed by atoms with E-state index in [2.05, 4.69) is 20.5 Å². The molecule has 0 aliphatic rings. The summed E-state index contributed by atoms with van der Waals surface area (Å²) in [6, 6.07) is 7.68. The fourth-order valence-corrected chi connectivity index (χ4v) is 1.49. The topological polar surface area (TPSA) is 62.8 Å². The van der Waals surface area contributed by atoms with E-state index in [0.29, 0.717) is 12.4 Å². The largest absolute Gasteiger partial charge is 0.496 e. The SMILES string of the molecule is CNCc1nc(-c2ccccc2OC)n[nH]1. The summed E-state index contributed by atoms with van der Waals surface area (Å²) in [6.07, 6.45) is 0. The van der Waals surface area contributed by atoms with Gasteiger partial charge in [-0.05, 0) is 19.2 Å². The molecular weight excluding hydrogens is 204 g/mol. The van der Waals surface area contributed by atoms with Crippen LogP contribution < -0.4 is 10.1 Å². The number of nitrogens with one attached hydrogen (secondary N) is 2. The fraction of sp³-hybridized carbons (Fsp3) is 0.273. The molecule has 1 aromatic heterocycles. The molecule has 0 radical (unpaired) electrons. The minimum absolute atomic E-state index is 0.655. The second-order valence-electron chi connectivity index (χ2n) is 3.34. The van der Waals surface area contributed by atoms with Crippen LogP contribution in [0.1, 0.15) is 5.82 Å². The number of rotatable bonds is 4. The molecule has 0 aliphatic carbocycles. The lowest BCUT2D eigenvalue weighted by Gasteiger charge is -2.03. The van der Waals surface area contributed by atoms with Gasteiger partial charge in [-0.25, -0.2) is 4.98 Å². The van der Waals surface area contributed by atoms with Crippen molar-refractivity contribution >= 4 is 0 Å². The van der Waals surface area contributed by atoms with E-state index in [4.69, 9.17) is 4.74 Å². The van der Waals surface area contributed by atoms with E-state index in [0.717, 1.165) is 17.1 Å². The Morgan fingerprint density at radius 1 is 1.38 bits per heavy atom. The number of aromatic amines is 1. The molecule has 0 atom stereocenters. The second kappa shape index (κ2) is 4.76. The Labute approximate surface area is 93.9 Å². The van der Waals surface area contributed by atoms with E-state index >= 15 is 0 Å². The molecule has 16 heavy (non-hydrogen) atoms. The third-order valence-corrected chi connectivity index (χ3v) is 2.22. The normalized spacial score (nSPS) is 10.4. The molecular formula is C11H14N4O. The minimum Gasteiger partial charge on any atom is -0.496 e. The summed E-state index contributed by atoms with van der Waals surface area (Å²) in [5, 5.41) is 10.0. The van der Waals surface area contributed by atoms with Crippen LogP contribution in [-0.4, -0.2) is 29.3 Å². The van der Waals surface area contributed by atoms with Crippen molar-refractivity contribution in [3.63, 3.8) is 0 Å². The van der Waals surface area contributed by atoms with Gasteiger partial charge in [-0.3, -0.25) is 5.10 Å². The lowest BCUT2D eigenvalue weighted by atomic mass is 10.2. The Morgan fingerprint density at radius 3 is 2.94 bits per heavy atom. The highest BCUT2D eigenvalue weighted by molar-refractivity contribution is 5.63. The average Bonchev–Trinajstić information content (AvgIpc) is 2.78. The Kier molecular flexibility index (Phi) is 3.16. The Bertz CT molecular complexity index is 467. The molecule has 1 heterocycles. The second-order valence-corrected chi connectivity index (χ2v) is 3.34. The number of nitrogens with zero attached hydrogens (tertiary/aromatic N) is 2. The summed E-state index contributed by atoms with van der Waals surface area (Å²) in [7, 11) is 3.51. The highest BCUT2D eigenvalue weighted by atomic mass is 16.5. The van der Waals surface area contributed by atoms with Crippen molar-refractivity contribution < 1.29 is 4.74 Å². The van der Waals surface area contributed by atoms with E-state index in [1.54, 1.807) is 7.11 Å². The molecule has 2 rings (SSSR count). The summed E-state index contributed by atoms with van der Waals surface area (Å²) in [6.45, 7) is 0.669. The van der Waals surface area contributed by atoms with Gasteiger partial charge >= 0.3 is 0 Å². The van der Waals surface area contributed by atoms with E-state index in [1.165, 1.54) is 0 Å². The molecule has 1 aromatic carbocycles. The van der Waals surface area contributed by atoms with Crippen LogP contribution in [0.3, 0.4) is 0 Å². The van der Waals surface area contributed by atoms with Crippen LogP contribution >= 0.6 is 0 Å². The molecule has 5 nitrogen and oxygen atoms in total. The number of para-hydroxylation sites is 1. The standard InChI is InChI=1S/C11H14N4O/c1-12-7-10-13-11(15-14-10)8-5-3-4-6-9(8)16-2/h3-6,12H,7H2,1-2H3,(H,13,14,15). The molecule has 0 bridgehead atoms. The summed E-state index contributed by atoms with van der Waals surface area (Å²) in [5.74, 6) is 2.24. The number of ether oxygens (including phenoxy) is 1. The predicted octanol–water partition coefficient (Wildman–Crippen LogP) is 1.20. The van der Waals surface area contributed by atoms with Gasteiger partial charge in [-0.2, -0.15) is 5.10 Å². The van der Waals surface area contributed by atoms with E-state index in [1.807, 2.05) is 31.3 Å². The molecule has 2 aromatic rings. The highest BCUT2D eigenvalue weighted by Crippen LogP contribution is 2.26. The van der Waals surface area contributed by atoms with Crippen molar-refractivity contribution in [2.24, 2.45) is 0 Å². The van der Waals surface area contributed by atoms with Crippen LogP contribution in [0.2, 0.25) is 0 Å². The van der Waals surface area contributed by atoms with Crippen molar-refractivity contribution in [3.05, 3.63) is 30.1 Å².